The minimum absolute atomic E-state index is 0.174. The smallest absolute Gasteiger partial charge is 0.255 e. The summed E-state index contributed by atoms with van der Waals surface area (Å²) in [5, 5.41) is 2.89. The average Bonchev–Trinajstić information content (AvgIpc) is 2.54. The van der Waals surface area contributed by atoms with Crippen molar-refractivity contribution in [2.45, 2.75) is 24.7 Å². The first kappa shape index (κ1) is 17.1. The van der Waals surface area contributed by atoms with Crippen LogP contribution in [0.15, 0.2) is 53.4 Å². The molecule has 0 unspecified atom stereocenters. The number of carbonyl (C=O) groups is 2. The molecule has 3 N–H and O–H groups in total. The summed E-state index contributed by atoms with van der Waals surface area (Å²) in [4.78, 5) is 24.1. The van der Waals surface area contributed by atoms with Crippen LogP contribution < -0.4 is 11.1 Å². The lowest BCUT2D eigenvalue weighted by Gasteiger charge is -2.11. The molecule has 0 aliphatic carbocycles. The molecular formula is C18H20N2O2S. The van der Waals surface area contributed by atoms with Crippen LogP contribution in [0.3, 0.4) is 0 Å². The van der Waals surface area contributed by atoms with Crippen LogP contribution in [0.25, 0.3) is 0 Å². The molecule has 120 valence electrons. The summed E-state index contributed by atoms with van der Waals surface area (Å²) in [5.41, 5.74) is 7.65. The van der Waals surface area contributed by atoms with Gasteiger partial charge in [-0.15, -0.1) is 11.8 Å². The van der Waals surface area contributed by atoms with Crippen molar-refractivity contribution in [3.63, 3.8) is 0 Å². The van der Waals surface area contributed by atoms with Crippen LogP contribution in [0.2, 0.25) is 0 Å². The van der Waals surface area contributed by atoms with Crippen LogP contribution in [-0.4, -0.2) is 17.6 Å². The number of nitrogens with two attached hydrogens (primary N) is 1. The first-order valence-corrected chi connectivity index (χ1v) is 8.37. The number of primary amides is 1. The highest BCUT2D eigenvalue weighted by molar-refractivity contribution is 8.00. The van der Waals surface area contributed by atoms with Gasteiger partial charge in [0.1, 0.15) is 0 Å². The van der Waals surface area contributed by atoms with Crippen molar-refractivity contribution in [1.29, 1.82) is 0 Å². The molecular weight excluding hydrogens is 308 g/mol. The molecule has 0 bridgehead atoms. The summed E-state index contributed by atoms with van der Waals surface area (Å²) in [7, 11) is 0. The third-order valence-electron chi connectivity index (χ3n) is 3.34. The molecule has 2 rings (SSSR count). The topological polar surface area (TPSA) is 72.2 Å². The van der Waals surface area contributed by atoms with Gasteiger partial charge in [-0.25, -0.2) is 0 Å². The lowest BCUT2D eigenvalue weighted by atomic mass is 10.0. The zero-order valence-electron chi connectivity index (χ0n) is 13.2. The number of amides is 2. The quantitative estimate of drug-likeness (QED) is 0.795. The highest BCUT2D eigenvalue weighted by Crippen LogP contribution is 2.27. The third-order valence-corrected chi connectivity index (χ3v) is 4.44. The summed E-state index contributed by atoms with van der Waals surface area (Å²) in [6.45, 7) is 4.22. The minimum Gasteiger partial charge on any atom is -0.369 e. The van der Waals surface area contributed by atoms with E-state index in [2.05, 4.69) is 19.2 Å². The Morgan fingerprint density at radius 1 is 1.09 bits per heavy atom. The van der Waals surface area contributed by atoms with Crippen LogP contribution in [-0.2, 0) is 4.79 Å². The summed E-state index contributed by atoms with van der Waals surface area (Å²) < 4.78 is 0. The number of thioether (sulfide) groups is 1. The Morgan fingerprint density at radius 3 is 2.35 bits per heavy atom. The van der Waals surface area contributed by atoms with E-state index < -0.39 is 0 Å². The summed E-state index contributed by atoms with van der Waals surface area (Å²) in [6, 6.07) is 14.9. The van der Waals surface area contributed by atoms with Crippen molar-refractivity contribution in [2.75, 3.05) is 11.1 Å². The van der Waals surface area contributed by atoms with E-state index in [1.165, 1.54) is 17.3 Å². The molecule has 0 radical (unpaired) electrons. The summed E-state index contributed by atoms with van der Waals surface area (Å²) in [5.74, 6) is 0.0431. The molecule has 2 aromatic carbocycles. The van der Waals surface area contributed by atoms with Gasteiger partial charge in [-0.1, -0.05) is 38.1 Å². The second-order valence-corrected chi connectivity index (χ2v) is 6.50. The van der Waals surface area contributed by atoms with Crippen LogP contribution in [0.5, 0.6) is 0 Å². The number of rotatable bonds is 6. The molecule has 0 spiro atoms. The predicted molar refractivity (Wildman–Crippen MR) is 94.8 cm³/mol. The largest absolute Gasteiger partial charge is 0.369 e. The molecule has 23 heavy (non-hydrogen) atoms. The van der Waals surface area contributed by atoms with Gasteiger partial charge in [0.05, 0.1) is 11.4 Å². The van der Waals surface area contributed by atoms with Gasteiger partial charge in [0.2, 0.25) is 5.91 Å². The molecule has 4 nitrogen and oxygen atoms in total. The van der Waals surface area contributed by atoms with Crippen molar-refractivity contribution in [2.24, 2.45) is 5.73 Å². The van der Waals surface area contributed by atoms with E-state index in [0.29, 0.717) is 17.2 Å². The predicted octanol–water partition coefficient (Wildman–Crippen LogP) is 3.64. The highest BCUT2D eigenvalue weighted by Gasteiger charge is 2.10. The Kier molecular flexibility index (Phi) is 5.82. The van der Waals surface area contributed by atoms with Crippen LogP contribution in [0, 0.1) is 0 Å². The normalized spacial score (nSPS) is 10.6. The first-order valence-electron chi connectivity index (χ1n) is 7.39. The summed E-state index contributed by atoms with van der Waals surface area (Å²) >= 11 is 1.31. The molecule has 0 fully saturated rings. The van der Waals surface area contributed by atoms with E-state index in [4.69, 9.17) is 5.73 Å². The van der Waals surface area contributed by atoms with Gasteiger partial charge in [-0.3, -0.25) is 9.59 Å². The van der Waals surface area contributed by atoms with Crippen molar-refractivity contribution in [1.82, 2.24) is 0 Å². The number of nitrogens with one attached hydrogen (secondary N) is 1. The molecule has 0 aliphatic heterocycles. The molecule has 0 saturated heterocycles. The number of para-hydroxylation sites is 1. The first-order chi connectivity index (χ1) is 11.0. The van der Waals surface area contributed by atoms with E-state index in [1.807, 2.05) is 48.5 Å². The number of hydrogen-bond acceptors (Lipinski definition) is 3. The highest BCUT2D eigenvalue weighted by atomic mass is 32.2. The van der Waals surface area contributed by atoms with E-state index in [0.717, 1.165) is 4.90 Å². The zero-order valence-corrected chi connectivity index (χ0v) is 14.0. The maximum absolute atomic E-state index is 12.4. The standard InChI is InChI=1S/C18H20N2O2S/c1-12(2)13-7-9-14(10-8-13)18(22)20-15-5-3-4-6-16(15)23-11-17(19)21/h3-10,12H,11H2,1-2H3,(H2,19,21)(H,20,22). The molecule has 5 heteroatoms. The van der Waals surface area contributed by atoms with Gasteiger partial charge in [0.15, 0.2) is 0 Å². The Labute approximate surface area is 140 Å². The molecule has 0 saturated carbocycles. The van der Waals surface area contributed by atoms with Gasteiger partial charge < -0.3 is 11.1 Å². The monoisotopic (exact) mass is 328 g/mol. The SMILES string of the molecule is CC(C)c1ccc(C(=O)Nc2ccccc2SCC(N)=O)cc1. The Morgan fingerprint density at radius 2 is 1.74 bits per heavy atom. The van der Waals surface area contributed by atoms with E-state index in [-0.39, 0.29) is 17.6 Å². The lowest BCUT2D eigenvalue weighted by molar-refractivity contribution is -0.115. The second kappa shape index (κ2) is 7.83. The van der Waals surface area contributed by atoms with Gasteiger partial charge in [0.25, 0.3) is 5.91 Å². The zero-order chi connectivity index (χ0) is 16.8. The fraction of sp³-hybridized carbons (Fsp3) is 0.222. The van der Waals surface area contributed by atoms with Gasteiger partial charge in [-0.05, 0) is 35.7 Å². The fourth-order valence-electron chi connectivity index (χ4n) is 2.06. The van der Waals surface area contributed by atoms with E-state index in [1.54, 1.807) is 0 Å². The summed E-state index contributed by atoms with van der Waals surface area (Å²) in [6.07, 6.45) is 0. The second-order valence-electron chi connectivity index (χ2n) is 5.48. The number of carbonyl (C=O) groups excluding carboxylic acids is 2. The lowest BCUT2D eigenvalue weighted by Crippen LogP contribution is -2.14. The van der Waals surface area contributed by atoms with Gasteiger partial charge in [0, 0.05) is 10.5 Å². The minimum atomic E-state index is -0.389. The van der Waals surface area contributed by atoms with Crippen molar-refractivity contribution in [3.05, 3.63) is 59.7 Å². The molecule has 0 atom stereocenters. The molecule has 0 aromatic heterocycles. The van der Waals surface area contributed by atoms with Crippen molar-refractivity contribution < 1.29 is 9.59 Å². The average molecular weight is 328 g/mol. The molecule has 2 amide bonds. The van der Waals surface area contributed by atoms with E-state index >= 15 is 0 Å². The third kappa shape index (κ3) is 4.86. The van der Waals surface area contributed by atoms with E-state index in [9.17, 15) is 9.59 Å². The Bertz CT molecular complexity index is 696. The number of hydrogen-bond donors (Lipinski definition) is 2. The number of benzene rings is 2. The molecule has 2 aromatic rings. The molecule has 0 heterocycles. The van der Waals surface area contributed by atoms with Gasteiger partial charge in [-0.2, -0.15) is 0 Å². The van der Waals surface area contributed by atoms with Crippen molar-refractivity contribution in [3.8, 4) is 0 Å². The number of anilines is 1. The van der Waals surface area contributed by atoms with Crippen LogP contribution in [0.4, 0.5) is 5.69 Å². The Balaban J connectivity index is 2.12. The Hall–Kier alpha value is -2.27. The molecule has 0 aliphatic rings. The van der Waals surface area contributed by atoms with Crippen molar-refractivity contribution >= 4 is 29.3 Å². The van der Waals surface area contributed by atoms with Crippen LogP contribution in [0.1, 0.15) is 35.7 Å². The fourth-order valence-corrected chi connectivity index (χ4v) is 2.81. The van der Waals surface area contributed by atoms with Gasteiger partial charge >= 0.3 is 0 Å². The van der Waals surface area contributed by atoms with Crippen LogP contribution >= 0.6 is 11.8 Å². The maximum Gasteiger partial charge on any atom is 0.255 e. The maximum atomic E-state index is 12.4.